The van der Waals surface area contributed by atoms with Gasteiger partial charge in [-0.15, -0.1) is 0 Å². The molecule has 0 fully saturated rings. The van der Waals surface area contributed by atoms with Crippen molar-refractivity contribution in [3.8, 4) is 0 Å². The van der Waals surface area contributed by atoms with Crippen LogP contribution < -0.4 is 0 Å². The second kappa shape index (κ2) is 9.32. The van der Waals surface area contributed by atoms with Gasteiger partial charge in [0.15, 0.2) is 11.6 Å². The molecule has 0 aliphatic heterocycles. The molecule has 0 N–H and O–H groups in total. The number of fused-ring (bicyclic) bond motifs is 1. The topological polar surface area (TPSA) is 38.1 Å². The first kappa shape index (κ1) is 21.9. The standard InChI is InChI=1S/C23H26F3N3O/c1-4-11-29-20-13-16(24)8-9-19(20)27-21(29)14-28(12-10-15(2)3)23(30)17-6-5-7-18(25)22(17)26/h5-9,13,15H,4,10-12,14H2,1-3H3. The summed E-state index contributed by atoms with van der Waals surface area (Å²) in [5.74, 6) is -2.25. The Kier molecular flexibility index (Phi) is 6.80. The Bertz CT molecular complexity index is 1050. The fourth-order valence-electron chi connectivity index (χ4n) is 3.42. The summed E-state index contributed by atoms with van der Waals surface area (Å²) in [6.07, 6.45) is 1.50. The first-order chi connectivity index (χ1) is 14.3. The Morgan fingerprint density at radius 3 is 2.63 bits per heavy atom. The van der Waals surface area contributed by atoms with E-state index in [1.165, 1.54) is 29.2 Å². The van der Waals surface area contributed by atoms with Crippen LogP contribution in [0, 0.1) is 23.4 Å². The highest BCUT2D eigenvalue weighted by atomic mass is 19.2. The van der Waals surface area contributed by atoms with Gasteiger partial charge in [0, 0.05) is 13.1 Å². The Labute approximate surface area is 174 Å². The molecule has 0 atom stereocenters. The smallest absolute Gasteiger partial charge is 0.257 e. The zero-order valence-electron chi connectivity index (χ0n) is 17.5. The van der Waals surface area contributed by atoms with Crippen LogP contribution in [0.2, 0.25) is 0 Å². The van der Waals surface area contributed by atoms with Gasteiger partial charge in [-0.05, 0) is 49.1 Å². The van der Waals surface area contributed by atoms with Crippen molar-refractivity contribution in [2.45, 2.75) is 46.7 Å². The molecule has 30 heavy (non-hydrogen) atoms. The van der Waals surface area contributed by atoms with Gasteiger partial charge in [-0.2, -0.15) is 0 Å². The molecule has 0 radical (unpaired) electrons. The van der Waals surface area contributed by atoms with Crippen molar-refractivity contribution >= 4 is 16.9 Å². The third kappa shape index (κ3) is 4.66. The Hall–Kier alpha value is -2.83. The van der Waals surface area contributed by atoms with Crippen LogP contribution in [-0.4, -0.2) is 26.9 Å². The average Bonchev–Trinajstić information content (AvgIpc) is 3.03. The van der Waals surface area contributed by atoms with Gasteiger partial charge in [-0.3, -0.25) is 4.79 Å². The maximum atomic E-state index is 14.3. The zero-order valence-corrected chi connectivity index (χ0v) is 17.5. The monoisotopic (exact) mass is 417 g/mol. The SMILES string of the molecule is CCCn1c(CN(CCC(C)C)C(=O)c2cccc(F)c2F)nc2ccc(F)cc21. The van der Waals surface area contributed by atoms with E-state index >= 15 is 0 Å². The number of nitrogens with zero attached hydrogens (tertiary/aromatic N) is 3. The van der Waals surface area contributed by atoms with Crippen molar-refractivity contribution in [3.05, 3.63) is 65.2 Å². The summed E-state index contributed by atoms with van der Waals surface area (Å²) in [6, 6.07) is 7.97. The van der Waals surface area contributed by atoms with Crippen LogP contribution in [0.3, 0.4) is 0 Å². The Morgan fingerprint density at radius 1 is 1.17 bits per heavy atom. The highest BCUT2D eigenvalue weighted by molar-refractivity contribution is 5.94. The van der Waals surface area contributed by atoms with E-state index < -0.39 is 17.5 Å². The number of rotatable bonds is 8. The van der Waals surface area contributed by atoms with Gasteiger partial charge in [0.05, 0.1) is 23.1 Å². The van der Waals surface area contributed by atoms with Crippen LogP contribution in [-0.2, 0) is 13.1 Å². The van der Waals surface area contributed by atoms with E-state index in [2.05, 4.69) is 4.98 Å². The molecule has 0 aliphatic carbocycles. The van der Waals surface area contributed by atoms with Crippen LogP contribution in [0.25, 0.3) is 11.0 Å². The minimum Gasteiger partial charge on any atom is -0.331 e. The predicted molar refractivity (Wildman–Crippen MR) is 111 cm³/mol. The number of aromatic nitrogens is 2. The van der Waals surface area contributed by atoms with E-state index in [0.29, 0.717) is 42.3 Å². The van der Waals surface area contributed by atoms with Gasteiger partial charge in [0.1, 0.15) is 11.6 Å². The largest absolute Gasteiger partial charge is 0.331 e. The van der Waals surface area contributed by atoms with Gasteiger partial charge >= 0.3 is 0 Å². The molecule has 7 heteroatoms. The fraction of sp³-hybridized carbons (Fsp3) is 0.391. The summed E-state index contributed by atoms with van der Waals surface area (Å²) in [4.78, 5) is 19.2. The molecular formula is C23H26F3N3O. The summed E-state index contributed by atoms with van der Waals surface area (Å²) in [5, 5.41) is 0. The van der Waals surface area contributed by atoms with Crippen molar-refractivity contribution in [2.75, 3.05) is 6.54 Å². The van der Waals surface area contributed by atoms with Gasteiger partial charge in [-0.1, -0.05) is 26.8 Å². The van der Waals surface area contributed by atoms with Gasteiger partial charge in [0.2, 0.25) is 0 Å². The summed E-state index contributed by atoms with van der Waals surface area (Å²) in [7, 11) is 0. The molecule has 0 unspecified atom stereocenters. The highest BCUT2D eigenvalue weighted by Gasteiger charge is 2.24. The first-order valence-corrected chi connectivity index (χ1v) is 10.2. The van der Waals surface area contributed by atoms with Crippen molar-refractivity contribution < 1.29 is 18.0 Å². The highest BCUT2D eigenvalue weighted by Crippen LogP contribution is 2.22. The number of benzene rings is 2. The number of amides is 1. The molecule has 0 aliphatic rings. The maximum Gasteiger partial charge on any atom is 0.257 e. The lowest BCUT2D eigenvalue weighted by Crippen LogP contribution is -2.34. The molecule has 1 aromatic heterocycles. The number of carbonyl (C=O) groups excluding carboxylic acids is 1. The number of halogens is 3. The zero-order chi connectivity index (χ0) is 21.8. The number of hydrogen-bond donors (Lipinski definition) is 0. The van der Waals surface area contributed by atoms with Crippen LogP contribution in [0.4, 0.5) is 13.2 Å². The molecule has 1 amide bonds. The molecule has 0 saturated heterocycles. The maximum absolute atomic E-state index is 14.3. The van der Waals surface area contributed by atoms with Crippen molar-refractivity contribution in [1.82, 2.24) is 14.5 Å². The number of imidazole rings is 1. The molecule has 0 saturated carbocycles. The molecular weight excluding hydrogens is 391 g/mol. The minimum atomic E-state index is -1.15. The Morgan fingerprint density at radius 2 is 1.93 bits per heavy atom. The third-order valence-corrected chi connectivity index (χ3v) is 5.01. The normalized spacial score (nSPS) is 11.4. The average molecular weight is 417 g/mol. The second-order valence-electron chi connectivity index (χ2n) is 7.82. The molecule has 3 rings (SSSR count). The van der Waals surface area contributed by atoms with Gasteiger partial charge in [0.25, 0.3) is 5.91 Å². The first-order valence-electron chi connectivity index (χ1n) is 10.2. The number of carbonyl (C=O) groups is 1. The Balaban J connectivity index is 2.00. The van der Waals surface area contributed by atoms with Crippen LogP contribution >= 0.6 is 0 Å². The summed E-state index contributed by atoms with van der Waals surface area (Å²) in [6.45, 7) is 7.16. The fourth-order valence-corrected chi connectivity index (χ4v) is 3.42. The third-order valence-electron chi connectivity index (χ3n) is 5.01. The van der Waals surface area contributed by atoms with Crippen LogP contribution in [0.5, 0.6) is 0 Å². The number of hydrogen-bond acceptors (Lipinski definition) is 2. The molecule has 160 valence electrons. The summed E-state index contributed by atoms with van der Waals surface area (Å²) >= 11 is 0. The lowest BCUT2D eigenvalue weighted by atomic mass is 10.1. The van der Waals surface area contributed by atoms with Gasteiger partial charge in [-0.25, -0.2) is 18.2 Å². The second-order valence-corrected chi connectivity index (χ2v) is 7.82. The van der Waals surface area contributed by atoms with E-state index in [-0.39, 0.29) is 17.9 Å². The molecule has 0 spiro atoms. The van der Waals surface area contributed by atoms with Gasteiger partial charge < -0.3 is 9.47 Å². The molecule has 4 nitrogen and oxygen atoms in total. The van der Waals surface area contributed by atoms with E-state index in [1.807, 2.05) is 25.3 Å². The van der Waals surface area contributed by atoms with E-state index in [1.54, 1.807) is 6.07 Å². The van der Waals surface area contributed by atoms with Crippen molar-refractivity contribution in [2.24, 2.45) is 5.92 Å². The quantitative estimate of drug-likeness (QED) is 0.482. The van der Waals surface area contributed by atoms with Crippen LogP contribution in [0.15, 0.2) is 36.4 Å². The van der Waals surface area contributed by atoms with Crippen molar-refractivity contribution in [1.29, 1.82) is 0 Å². The van der Waals surface area contributed by atoms with E-state index in [0.717, 1.165) is 12.5 Å². The lowest BCUT2D eigenvalue weighted by molar-refractivity contribution is 0.0723. The molecule has 3 aromatic rings. The van der Waals surface area contributed by atoms with E-state index in [4.69, 9.17) is 0 Å². The predicted octanol–water partition coefficient (Wildman–Crippen LogP) is 5.55. The van der Waals surface area contributed by atoms with Crippen LogP contribution in [0.1, 0.15) is 49.8 Å². The summed E-state index contributed by atoms with van der Waals surface area (Å²) in [5.41, 5.74) is 0.982. The van der Waals surface area contributed by atoms with Crippen molar-refractivity contribution in [3.63, 3.8) is 0 Å². The minimum absolute atomic E-state index is 0.123. The number of aryl methyl sites for hydroxylation is 1. The summed E-state index contributed by atoms with van der Waals surface area (Å²) < 4.78 is 43.6. The van der Waals surface area contributed by atoms with E-state index in [9.17, 15) is 18.0 Å². The molecule has 1 heterocycles. The molecule has 2 aromatic carbocycles. The molecule has 0 bridgehead atoms. The lowest BCUT2D eigenvalue weighted by Gasteiger charge is -2.24.